The van der Waals surface area contributed by atoms with E-state index in [0.717, 1.165) is 23.5 Å². The molecule has 1 saturated heterocycles. The fourth-order valence-electron chi connectivity index (χ4n) is 4.96. The van der Waals surface area contributed by atoms with Crippen LogP contribution >= 0.6 is 0 Å². The molecule has 34 heavy (non-hydrogen) atoms. The van der Waals surface area contributed by atoms with Gasteiger partial charge in [0.05, 0.1) is 6.61 Å². The van der Waals surface area contributed by atoms with Crippen molar-refractivity contribution in [1.82, 2.24) is 24.5 Å². The summed E-state index contributed by atoms with van der Waals surface area (Å²) in [5.74, 6) is 1.92. The summed E-state index contributed by atoms with van der Waals surface area (Å²) < 4.78 is 6.87. The van der Waals surface area contributed by atoms with Gasteiger partial charge in [0.25, 0.3) is 5.78 Å². The van der Waals surface area contributed by atoms with Gasteiger partial charge in [0.2, 0.25) is 5.91 Å². The van der Waals surface area contributed by atoms with E-state index in [1.165, 1.54) is 11.9 Å². The number of carbonyl (C=O) groups excluding carboxylic acids is 2. The topological polar surface area (TPSA) is 92.9 Å². The highest BCUT2D eigenvalue weighted by atomic mass is 16.5. The first-order chi connectivity index (χ1) is 16.6. The van der Waals surface area contributed by atoms with Crippen molar-refractivity contribution in [1.29, 1.82) is 0 Å². The van der Waals surface area contributed by atoms with E-state index in [0.29, 0.717) is 50.9 Å². The molecule has 1 aromatic carbocycles. The van der Waals surface area contributed by atoms with E-state index in [1.807, 2.05) is 36.9 Å². The van der Waals surface area contributed by atoms with E-state index >= 15 is 0 Å². The van der Waals surface area contributed by atoms with Gasteiger partial charge in [-0.1, -0.05) is 30.3 Å². The van der Waals surface area contributed by atoms with Crippen LogP contribution in [0.15, 0.2) is 36.7 Å². The average Bonchev–Trinajstić information content (AvgIpc) is 3.53. The summed E-state index contributed by atoms with van der Waals surface area (Å²) in [5.41, 5.74) is 3.06. The molecule has 2 fully saturated rings. The molecule has 0 radical (unpaired) electrons. The summed E-state index contributed by atoms with van der Waals surface area (Å²) in [6.07, 6.45) is 3.23. The Balaban J connectivity index is 1.30. The lowest BCUT2D eigenvalue weighted by molar-refractivity contribution is -0.143. The Kier molecular flexibility index (Phi) is 6.17. The molecule has 3 heterocycles. The standard InChI is InChI=1S/C25H30N6O3/c1-3-34-22(32)10-9-19-17(2)28-25-26-16-27-31(25)23(19)29-11-13-30(14-12-29)24(33)21-15-20(21)18-7-5-4-6-8-18/h4-8,16,20-21H,3,9-15H2,1-2H3/t20-,21+/m0/s1. The fraction of sp³-hybridized carbons (Fsp3) is 0.480. The second-order valence-electron chi connectivity index (χ2n) is 8.95. The van der Waals surface area contributed by atoms with E-state index in [9.17, 15) is 9.59 Å². The van der Waals surface area contributed by atoms with Crippen LogP contribution in [0.2, 0.25) is 0 Å². The molecule has 0 bridgehead atoms. The van der Waals surface area contributed by atoms with Crippen LogP contribution < -0.4 is 4.90 Å². The van der Waals surface area contributed by atoms with Crippen molar-refractivity contribution in [2.75, 3.05) is 37.7 Å². The molecule has 1 saturated carbocycles. The van der Waals surface area contributed by atoms with E-state index in [4.69, 9.17) is 4.74 Å². The van der Waals surface area contributed by atoms with Crippen LogP contribution in [0.4, 0.5) is 5.82 Å². The molecule has 2 aromatic heterocycles. The van der Waals surface area contributed by atoms with Gasteiger partial charge in [-0.15, -0.1) is 0 Å². The smallest absolute Gasteiger partial charge is 0.306 e. The van der Waals surface area contributed by atoms with Gasteiger partial charge in [0.15, 0.2) is 0 Å². The Morgan fingerprint density at radius 2 is 1.88 bits per heavy atom. The average molecular weight is 463 g/mol. The number of carbonyl (C=O) groups is 2. The number of aryl methyl sites for hydroxylation is 1. The molecule has 0 N–H and O–H groups in total. The van der Waals surface area contributed by atoms with Crippen molar-refractivity contribution in [2.24, 2.45) is 5.92 Å². The molecule has 0 unspecified atom stereocenters. The van der Waals surface area contributed by atoms with Crippen molar-refractivity contribution in [3.63, 3.8) is 0 Å². The van der Waals surface area contributed by atoms with Gasteiger partial charge >= 0.3 is 5.97 Å². The van der Waals surface area contributed by atoms with Gasteiger partial charge in [-0.2, -0.15) is 14.6 Å². The van der Waals surface area contributed by atoms with E-state index in [1.54, 1.807) is 4.52 Å². The Labute approximate surface area is 198 Å². The third-order valence-electron chi connectivity index (χ3n) is 6.82. The molecule has 2 atom stereocenters. The number of nitrogens with zero attached hydrogens (tertiary/aromatic N) is 6. The number of esters is 1. The Bertz CT molecular complexity index is 1190. The Morgan fingerprint density at radius 1 is 1.12 bits per heavy atom. The van der Waals surface area contributed by atoms with Crippen LogP contribution in [0.5, 0.6) is 0 Å². The van der Waals surface area contributed by atoms with Crippen LogP contribution in [-0.4, -0.2) is 69.1 Å². The van der Waals surface area contributed by atoms with Gasteiger partial charge in [0.1, 0.15) is 12.1 Å². The number of hydrogen-bond donors (Lipinski definition) is 0. The highest BCUT2D eigenvalue weighted by Gasteiger charge is 2.46. The van der Waals surface area contributed by atoms with Gasteiger partial charge < -0.3 is 14.5 Å². The second kappa shape index (κ2) is 9.40. The summed E-state index contributed by atoms with van der Waals surface area (Å²) in [6.45, 7) is 6.82. The molecule has 0 spiro atoms. The second-order valence-corrected chi connectivity index (χ2v) is 8.95. The zero-order chi connectivity index (χ0) is 23.7. The van der Waals surface area contributed by atoms with E-state index in [-0.39, 0.29) is 24.2 Å². The number of ether oxygens (including phenoxy) is 1. The molecule has 2 aliphatic rings. The number of fused-ring (bicyclic) bond motifs is 1. The number of anilines is 1. The zero-order valence-electron chi connectivity index (χ0n) is 19.7. The first-order valence-electron chi connectivity index (χ1n) is 12.0. The predicted molar refractivity (Wildman–Crippen MR) is 127 cm³/mol. The lowest BCUT2D eigenvalue weighted by Gasteiger charge is -2.37. The fourth-order valence-corrected chi connectivity index (χ4v) is 4.96. The van der Waals surface area contributed by atoms with Crippen LogP contribution in [0.3, 0.4) is 0 Å². The largest absolute Gasteiger partial charge is 0.466 e. The minimum absolute atomic E-state index is 0.0966. The maximum absolute atomic E-state index is 13.1. The molecule has 178 valence electrons. The molecular formula is C25H30N6O3. The van der Waals surface area contributed by atoms with Gasteiger partial charge in [-0.05, 0) is 38.2 Å². The van der Waals surface area contributed by atoms with Crippen molar-refractivity contribution >= 4 is 23.5 Å². The monoisotopic (exact) mass is 462 g/mol. The zero-order valence-corrected chi connectivity index (χ0v) is 19.7. The molecule has 9 nitrogen and oxygen atoms in total. The molecule has 1 amide bonds. The third kappa shape index (κ3) is 4.34. The summed E-state index contributed by atoms with van der Waals surface area (Å²) in [7, 11) is 0. The molecule has 1 aliphatic heterocycles. The number of amides is 1. The maximum Gasteiger partial charge on any atom is 0.306 e. The number of piperazine rings is 1. The minimum atomic E-state index is -0.223. The summed E-state index contributed by atoms with van der Waals surface area (Å²) >= 11 is 0. The van der Waals surface area contributed by atoms with Crippen molar-refractivity contribution in [2.45, 2.75) is 39.0 Å². The van der Waals surface area contributed by atoms with Gasteiger partial charge in [0, 0.05) is 49.8 Å². The quantitative estimate of drug-likeness (QED) is 0.498. The molecular weight excluding hydrogens is 432 g/mol. The summed E-state index contributed by atoms with van der Waals surface area (Å²) in [6, 6.07) is 10.3. The van der Waals surface area contributed by atoms with Crippen molar-refractivity contribution in [3.8, 4) is 0 Å². The molecule has 3 aromatic rings. The normalized spacial score (nSPS) is 19.9. The Morgan fingerprint density at radius 3 is 2.62 bits per heavy atom. The molecule has 5 rings (SSSR count). The van der Waals surface area contributed by atoms with Crippen LogP contribution in [-0.2, 0) is 20.7 Å². The van der Waals surface area contributed by atoms with Crippen LogP contribution in [0.25, 0.3) is 5.78 Å². The van der Waals surface area contributed by atoms with Crippen LogP contribution in [0, 0.1) is 12.8 Å². The van der Waals surface area contributed by atoms with Crippen molar-refractivity contribution in [3.05, 3.63) is 53.5 Å². The first-order valence-corrected chi connectivity index (χ1v) is 12.0. The van der Waals surface area contributed by atoms with Crippen molar-refractivity contribution < 1.29 is 14.3 Å². The van der Waals surface area contributed by atoms with E-state index in [2.05, 4.69) is 32.1 Å². The van der Waals surface area contributed by atoms with Gasteiger partial charge in [-0.25, -0.2) is 4.98 Å². The predicted octanol–water partition coefficient (Wildman–Crippen LogP) is 2.38. The van der Waals surface area contributed by atoms with Crippen LogP contribution in [0.1, 0.15) is 42.5 Å². The highest BCUT2D eigenvalue weighted by molar-refractivity contribution is 5.83. The number of hydrogen-bond acceptors (Lipinski definition) is 7. The highest BCUT2D eigenvalue weighted by Crippen LogP contribution is 2.48. The number of benzene rings is 1. The van der Waals surface area contributed by atoms with E-state index < -0.39 is 0 Å². The summed E-state index contributed by atoms with van der Waals surface area (Å²) in [5, 5.41) is 4.40. The lowest BCUT2D eigenvalue weighted by Crippen LogP contribution is -2.50. The van der Waals surface area contributed by atoms with Gasteiger partial charge in [-0.3, -0.25) is 9.59 Å². The molecule has 9 heteroatoms. The molecule has 1 aliphatic carbocycles. The number of rotatable bonds is 7. The Hall–Kier alpha value is -3.49. The SMILES string of the molecule is CCOC(=O)CCc1c(C)nc2ncnn2c1N1CCN(C(=O)[C@@H]2C[C@H]2c2ccccc2)CC1. The lowest BCUT2D eigenvalue weighted by atomic mass is 10.1. The third-order valence-corrected chi connectivity index (χ3v) is 6.82. The maximum atomic E-state index is 13.1. The number of aromatic nitrogens is 4. The first kappa shape index (κ1) is 22.3. The summed E-state index contributed by atoms with van der Waals surface area (Å²) in [4.78, 5) is 38.2. The minimum Gasteiger partial charge on any atom is -0.466 e.